The second-order valence-electron chi connectivity index (χ2n) is 3.43. The third-order valence-corrected chi connectivity index (χ3v) is 1.52. The van der Waals surface area contributed by atoms with Gasteiger partial charge in [-0.05, 0) is 11.8 Å². The highest BCUT2D eigenvalue weighted by Crippen LogP contribution is 2.25. The zero-order valence-corrected chi connectivity index (χ0v) is 7.09. The fraction of sp³-hybridized carbons (Fsp3) is 0.600. The predicted octanol–water partition coefficient (Wildman–Crippen LogP) is 1.42. The molecule has 0 fully saturated rings. The summed E-state index contributed by atoms with van der Waals surface area (Å²) in [5.74, 6) is 4.82. The first kappa shape index (κ1) is 10.1. The highest BCUT2D eigenvalue weighted by molar-refractivity contribution is 4.98. The molecule has 1 unspecified atom stereocenters. The topological polar surface area (TPSA) is 20.2 Å². The number of hydrogen-bond donors (Lipinski definition) is 1. The summed E-state index contributed by atoms with van der Waals surface area (Å²) >= 11 is 0. The molecule has 0 saturated carbocycles. The van der Waals surface area contributed by atoms with Gasteiger partial charge in [0, 0.05) is 6.42 Å². The van der Waals surface area contributed by atoms with Crippen LogP contribution in [0.2, 0.25) is 0 Å². The van der Waals surface area contributed by atoms with E-state index in [1.165, 1.54) is 0 Å². The summed E-state index contributed by atoms with van der Waals surface area (Å²) in [5, 5.41) is 9.12. The van der Waals surface area contributed by atoms with Gasteiger partial charge in [-0.3, -0.25) is 0 Å². The highest BCUT2D eigenvalue weighted by atomic mass is 16.3. The first-order valence-corrected chi connectivity index (χ1v) is 3.59. The molecule has 1 N–H and O–H groups in total. The second-order valence-corrected chi connectivity index (χ2v) is 3.43. The van der Waals surface area contributed by atoms with Crippen LogP contribution in [0.25, 0.3) is 0 Å². The Morgan fingerprint density at radius 2 is 2.00 bits per heavy atom. The van der Waals surface area contributed by atoms with Crippen LogP contribution in [-0.4, -0.2) is 11.2 Å². The average Bonchev–Trinajstić information content (AvgIpc) is 1.86. The molecule has 0 aliphatic carbocycles. The summed E-state index contributed by atoms with van der Waals surface area (Å²) in [6.45, 7) is 3.99. The third-order valence-electron chi connectivity index (χ3n) is 1.52. The van der Waals surface area contributed by atoms with Crippen molar-refractivity contribution in [3.8, 4) is 24.7 Å². The van der Waals surface area contributed by atoms with Crippen molar-refractivity contribution in [2.75, 3.05) is 0 Å². The number of rotatable bonds is 3. The lowest BCUT2D eigenvalue weighted by molar-refractivity contribution is 0.162. The lowest BCUT2D eigenvalue weighted by Gasteiger charge is -2.22. The highest BCUT2D eigenvalue weighted by Gasteiger charge is 2.19. The van der Waals surface area contributed by atoms with Gasteiger partial charge in [-0.25, -0.2) is 0 Å². The first-order valence-electron chi connectivity index (χ1n) is 3.59. The minimum Gasteiger partial charge on any atom is -0.380 e. The third kappa shape index (κ3) is 4.48. The fourth-order valence-corrected chi connectivity index (χ4v) is 0.931. The van der Waals surface area contributed by atoms with E-state index in [1.54, 1.807) is 0 Å². The molecular weight excluding hydrogens is 136 g/mol. The lowest BCUT2D eigenvalue weighted by Crippen LogP contribution is -2.18. The maximum atomic E-state index is 9.12. The van der Waals surface area contributed by atoms with E-state index in [9.17, 15) is 0 Å². The molecule has 60 valence electrons. The van der Waals surface area contributed by atoms with Gasteiger partial charge in [0.2, 0.25) is 0 Å². The van der Waals surface area contributed by atoms with Crippen LogP contribution in [0.3, 0.4) is 0 Å². The molecule has 0 rings (SSSR count). The molecule has 0 aliphatic rings. The molecule has 0 bridgehead atoms. The summed E-state index contributed by atoms with van der Waals surface area (Å²) in [5.41, 5.74) is -0.0550. The van der Waals surface area contributed by atoms with Crippen molar-refractivity contribution < 1.29 is 5.11 Å². The van der Waals surface area contributed by atoms with Crippen LogP contribution in [0.1, 0.15) is 26.7 Å². The van der Waals surface area contributed by atoms with Gasteiger partial charge >= 0.3 is 0 Å². The Kier molecular flexibility index (Phi) is 3.72. The molecule has 0 amide bonds. The average molecular weight is 150 g/mol. The summed E-state index contributed by atoms with van der Waals surface area (Å²) in [7, 11) is 0. The maximum Gasteiger partial charge on any atom is 0.115 e. The van der Waals surface area contributed by atoms with Crippen molar-refractivity contribution in [2.45, 2.75) is 32.8 Å². The summed E-state index contributed by atoms with van der Waals surface area (Å²) < 4.78 is 0. The van der Waals surface area contributed by atoms with E-state index in [4.69, 9.17) is 18.0 Å². The zero-order chi connectivity index (χ0) is 8.91. The molecule has 0 aromatic rings. The number of aliphatic hydroxyl groups excluding tert-OH is 1. The predicted molar refractivity (Wildman–Crippen MR) is 46.7 cm³/mol. The molecule has 0 radical (unpaired) electrons. The molecule has 11 heavy (non-hydrogen) atoms. The van der Waals surface area contributed by atoms with Crippen molar-refractivity contribution in [3.63, 3.8) is 0 Å². The largest absolute Gasteiger partial charge is 0.380 e. The molecule has 0 spiro atoms. The Hall–Kier alpha value is -0.920. The van der Waals surface area contributed by atoms with Gasteiger partial charge in [0.1, 0.15) is 6.10 Å². The Morgan fingerprint density at radius 1 is 1.45 bits per heavy atom. The van der Waals surface area contributed by atoms with Gasteiger partial charge in [0.05, 0.1) is 0 Å². The number of hydrogen-bond acceptors (Lipinski definition) is 1. The van der Waals surface area contributed by atoms with Gasteiger partial charge in [-0.15, -0.1) is 18.8 Å². The molecule has 1 atom stereocenters. The fourth-order valence-electron chi connectivity index (χ4n) is 0.931. The molecule has 0 heterocycles. The smallest absolute Gasteiger partial charge is 0.115 e. The second kappa shape index (κ2) is 4.06. The van der Waals surface area contributed by atoms with Crippen LogP contribution in [0, 0.1) is 30.1 Å². The van der Waals surface area contributed by atoms with Crippen molar-refractivity contribution in [3.05, 3.63) is 0 Å². The molecular formula is C10H14O. The van der Waals surface area contributed by atoms with Crippen LogP contribution >= 0.6 is 0 Å². The molecule has 0 aromatic carbocycles. The Labute approximate surface area is 68.8 Å². The number of aliphatic hydroxyl groups is 1. The van der Waals surface area contributed by atoms with E-state index in [0.29, 0.717) is 12.8 Å². The van der Waals surface area contributed by atoms with E-state index in [1.807, 2.05) is 13.8 Å². The van der Waals surface area contributed by atoms with Crippen LogP contribution in [0.4, 0.5) is 0 Å². The van der Waals surface area contributed by atoms with E-state index < -0.39 is 6.10 Å². The normalized spacial score (nSPS) is 13.2. The van der Waals surface area contributed by atoms with Crippen molar-refractivity contribution >= 4 is 0 Å². The summed E-state index contributed by atoms with van der Waals surface area (Å²) in [6.07, 6.45) is 10.7. The van der Waals surface area contributed by atoms with Gasteiger partial charge in [0.15, 0.2) is 0 Å². The van der Waals surface area contributed by atoms with Gasteiger partial charge in [-0.1, -0.05) is 19.8 Å². The lowest BCUT2D eigenvalue weighted by atomic mass is 9.84. The molecule has 0 aromatic heterocycles. The zero-order valence-electron chi connectivity index (χ0n) is 7.09. The number of terminal acetylenes is 2. The minimum atomic E-state index is -0.668. The van der Waals surface area contributed by atoms with Gasteiger partial charge in [0.25, 0.3) is 0 Å². The van der Waals surface area contributed by atoms with E-state index >= 15 is 0 Å². The van der Waals surface area contributed by atoms with Crippen LogP contribution in [0.5, 0.6) is 0 Å². The SMILES string of the molecule is C#CCC(C)(C)CC(O)C#C. The molecule has 0 saturated heterocycles. The quantitative estimate of drug-likeness (QED) is 0.603. The first-order chi connectivity index (χ1) is 5.02. The van der Waals surface area contributed by atoms with E-state index in [0.717, 1.165) is 0 Å². The van der Waals surface area contributed by atoms with Crippen LogP contribution in [-0.2, 0) is 0 Å². The van der Waals surface area contributed by atoms with Crippen molar-refractivity contribution in [1.29, 1.82) is 0 Å². The Balaban J connectivity index is 3.95. The maximum absolute atomic E-state index is 9.12. The molecule has 1 nitrogen and oxygen atoms in total. The van der Waals surface area contributed by atoms with Gasteiger partial charge in [-0.2, -0.15) is 0 Å². The van der Waals surface area contributed by atoms with Crippen molar-refractivity contribution in [2.24, 2.45) is 5.41 Å². The molecule has 1 heteroatoms. The molecule has 0 aliphatic heterocycles. The minimum absolute atomic E-state index is 0.0550. The Bertz CT molecular complexity index is 190. The summed E-state index contributed by atoms with van der Waals surface area (Å²) in [4.78, 5) is 0. The summed E-state index contributed by atoms with van der Waals surface area (Å²) in [6, 6.07) is 0. The van der Waals surface area contributed by atoms with Crippen LogP contribution in [0.15, 0.2) is 0 Å². The van der Waals surface area contributed by atoms with Crippen LogP contribution < -0.4 is 0 Å². The standard InChI is InChI=1S/C10H14O/c1-5-7-10(3,4)8-9(11)6-2/h1-2,9,11H,7-8H2,3-4H3. The van der Waals surface area contributed by atoms with E-state index in [-0.39, 0.29) is 5.41 Å². The van der Waals surface area contributed by atoms with Crippen molar-refractivity contribution in [1.82, 2.24) is 0 Å². The van der Waals surface area contributed by atoms with Gasteiger partial charge < -0.3 is 5.11 Å². The monoisotopic (exact) mass is 150 g/mol. The van der Waals surface area contributed by atoms with E-state index in [2.05, 4.69) is 11.8 Å². The Morgan fingerprint density at radius 3 is 2.36 bits per heavy atom.